The first kappa shape index (κ1) is 19.2. The van der Waals surface area contributed by atoms with Crippen molar-refractivity contribution in [1.82, 2.24) is 4.72 Å². The van der Waals surface area contributed by atoms with E-state index in [1.807, 2.05) is 0 Å². The third kappa shape index (κ3) is 4.57. The highest BCUT2D eigenvalue weighted by atomic mass is 35.5. The number of hydrogen-bond donors (Lipinski definition) is 2. The van der Waals surface area contributed by atoms with Crippen LogP contribution < -0.4 is 10.0 Å². The van der Waals surface area contributed by atoms with Gasteiger partial charge in [-0.15, -0.1) is 0 Å². The summed E-state index contributed by atoms with van der Waals surface area (Å²) in [6, 6.07) is 10.6. The van der Waals surface area contributed by atoms with E-state index in [-0.39, 0.29) is 16.5 Å². The number of sulfonamides is 1. The molecule has 0 aliphatic heterocycles. The fourth-order valence-corrected chi connectivity index (χ4v) is 4.61. The van der Waals surface area contributed by atoms with Gasteiger partial charge in [-0.3, -0.25) is 4.79 Å². The lowest BCUT2D eigenvalue weighted by molar-refractivity contribution is 0.102. The zero-order valence-corrected chi connectivity index (χ0v) is 16.2. The molecule has 1 aliphatic carbocycles. The molecule has 5 nitrogen and oxygen atoms in total. The van der Waals surface area contributed by atoms with Crippen LogP contribution in [0.15, 0.2) is 47.4 Å². The van der Waals surface area contributed by atoms with E-state index >= 15 is 0 Å². The maximum atomic E-state index is 12.5. The van der Waals surface area contributed by atoms with Crippen LogP contribution in [-0.2, 0) is 10.0 Å². The van der Waals surface area contributed by atoms with Crippen LogP contribution in [0.3, 0.4) is 0 Å². The first-order valence-electron chi connectivity index (χ1n) is 8.24. The average Bonchev–Trinajstić information content (AvgIpc) is 3.10. The Hall–Kier alpha value is -1.60. The molecule has 0 heterocycles. The highest BCUT2D eigenvalue weighted by molar-refractivity contribution is 7.89. The Kier molecular flexibility index (Phi) is 5.87. The van der Waals surface area contributed by atoms with Crippen LogP contribution in [0.2, 0.25) is 10.0 Å². The average molecular weight is 413 g/mol. The first-order valence-corrected chi connectivity index (χ1v) is 10.5. The number of rotatable bonds is 5. The summed E-state index contributed by atoms with van der Waals surface area (Å²) in [6.45, 7) is 0. The molecule has 138 valence electrons. The molecule has 0 aromatic heterocycles. The molecule has 0 radical (unpaired) electrons. The molecule has 0 unspecified atom stereocenters. The maximum Gasteiger partial charge on any atom is 0.255 e. The van der Waals surface area contributed by atoms with Gasteiger partial charge >= 0.3 is 0 Å². The number of amides is 1. The van der Waals surface area contributed by atoms with Crippen molar-refractivity contribution >= 4 is 44.8 Å². The quantitative estimate of drug-likeness (QED) is 0.760. The highest BCUT2D eigenvalue weighted by Crippen LogP contribution is 2.26. The number of nitrogens with one attached hydrogen (secondary N) is 2. The topological polar surface area (TPSA) is 75.3 Å². The summed E-state index contributed by atoms with van der Waals surface area (Å²) in [5, 5.41) is 3.42. The van der Waals surface area contributed by atoms with Gasteiger partial charge in [-0.1, -0.05) is 42.1 Å². The van der Waals surface area contributed by atoms with E-state index in [4.69, 9.17) is 23.2 Å². The molecule has 3 rings (SSSR count). The Morgan fingerprint density at radius 1 is 1.04 bits per heavy atom. The monoisotopic (exact) mass is 412 g/mol. The Morgan fingerprint density at radius 2 is 1.77 bits per heavy atom. The molecular formula is C18H18Cl2N2O3S. The van der Waals surface area contributed by atoms with Crippen LogP contribution in [0.4, 0.5) is 5.69 Å². The lowest BCUT2D eigenvalue weighted by atomic mass is 10.2. The van der Waals surface area contributed by atoms with E-state index in [1.54, 1.807) is 18.2 Å². The third-order valence-corrected chi connectivity index (χ3v) is 6.34. The summed E-state index contributed by atoms with van der Waals surface area (Å²) in [4.78, 5) is 12.5. The van der Waals surface area contributed by atoms with E-state index in [0.717, 1.165) is 25.7 Å². The van der Waals surface area contributed by atoms with Gasteiger partial charge in [-0.25, -0.2) is 13.1 Å². The lowest BCUT2D eigenvalue weighted by Gasteiger charge is -2.13. The Labute approximate surface area is 162 Å². The van der Waals surface area contributed by atoms with Crippen LogP contribution in [-0.4, -0.2) is 20.4 Å². The van der Waals surface area contributed by atoms with Crippen LogP contribution in [0.25, 0.3) is 0 Å². The van der Waals surface area contributed by atoms with Gasteiger partial charge in [-0.05, 0) is 49.2 Å². The van der Waals surface area contributed by atoms with Crippen LogP contribution in [0, 0.1) is 0 Å². The minimum atomic E-state index is -3.66. The number of carbonyl (C=O) groups excluding carboxylic acids is 1. The van der Waals surface area contributed by atoms with Gasteiger partial charge in [0.05, 0.1) is 15.6 Å². The molecule has 0 saturated heterocycles. The summed E-state index contributed by atoms with van der Waals surface area (Å²) in [5.41, 5.74) is 0.580. The molecule has 26 heavy (non-hydrogen) atoms. The van der Waals surface area contributed by atoms with Gasteiger partial charge in [0.25, 0.3) is 5.91 Å². The third-order valence-electron chi connectivity index (χ3n) is 4.26. The molecule has 2 N–H and O–H groups in total. The Morgan fingerprint density at radius 3 is 2.50 bits per heavy atom. The van der Waals surface area contributed by atoms with Crippen molar-refractivity contribution in [3.63, 3.8) is 0 Å². The first-order chi connectivity index (χ1) is 12.3. The molecule has 2 aromatic carbocycles. The second kappa shape index (κ2) is 7.96. The number of benzene rings is 2. The summed E-state index contributed by atoms with van der Waals surface area (Å²) in [6.07, 6.45) is 3.73. The van der Waals surface area contributed by atoms with Gasteiger partial charge in [0.1, 0.15) is 0 Å². The molecule has 2 aromatic rings. The van der Waals surface area contributed by atoms with E-state index < -0.39 is 15.9 Å². The van der Waals surface area contributed by atoms with Gasteiger partial charge in [0.2, 0.25) is 10.0 Å². The van der Waals surface area contributed by atoms with Gasteiger partial charge in [-0.2, -0.15) is 0 Å². The van der Waals surface area contributed by atoms with Crippen molar-refractivity contribution in [2.75, 3.05) is 5.32 Å². The largest absolute Gasteiger partial charge is 0.321 e. The van der Waals surface area contributed by atoms with Crippen LogP contribution in [0.5, 0.6) is 0 Å². The van der Waals surface area contributed by atoms with E-state index in [9.17, 15) is 13.2 Å². The molecule has 0 atom stereocenters. The summed E-state index contributed by atoms with van der Waals surface area (Å²) in [5.74, 6) is -0.466. The summed E-state index contributed by atoms with van der Waals surface area (Å²) in [7, 11) is -3.66. The Balaban J connectivity index is 1.79. The second-order valence-electron chi connectivity index (χ2n) is 6.21. The minimum absolute atomic E-state index is 0.0391. The maximum absolute atomic E-state index is 12.5. The van der Waals surface area contributed by atoms with Crippen molar-refractivity contribution in [1.29, 1.82) is 0 Å². The van der Waals surface area contributed by atoms with Crippen LogP contribution in [0.1, 0.15) is 36.0 Å². The van der Waals surface area contributed by atoms with Crippen molar-refractivity contribution in [2.45, 2.75) is 36.6 Å². The highest BCUT2D eigenvalue weighted by Gasteiger charge is 2.23. The molecule has 0 bridgehead atoms. The fraction of sp³-hybridized carbons (Fsp3) is 0.278. The normalized spacial score (nSPS) is 15.2. The predicted octanol–water partition coefficient (Wildman–Crippen LogP) is 4.47. The number of halogens is 2. The molecule has 1 aliphatic rings. The van der Waals surface area contributed by atoms with Crippen molar-refractivity contribution in [3.8, 4) is 0 Å². The van der Waals surface area contributed by atoms with Gasteiger partial charge < -0.3 is 5.32 Å². The zero-order chi connectivity index (χ0) is 18.7. The number of carbonyl (C=O) groups is 1. The molecule has 8 heteroatoms. The number of hydrogen-bond acceptors (Lipinski definition) is 3. The summed E-state index contributed by atoms with van der Waals surface area (Å²) >= 11 is 12.0. The van der Waals surface area contributed by atoms with Crippen LogP contribution >= 0.6 is 23.2 Å². The zero-order valence-electron chi connectivity index (χ0n) is 13.8. The molecule has 0 spiro atoms. The predicted molar refractivity (Wildman–Crippen MR) is 103 cm³/mol. The van der Waals surface area contributed by atoms with E-state index in [1.165, 1.54) is 24.3 Å². The fourth-order valence-electron chi connectivity index (χ4n) is 2.92. The summed E-state index contributed by atoms with van der Waals surface area (Å²) < 4.78 is 27.8. The van der Waals surface area contributed by atoms with Gasteiger partial charge in [0, 0.05) is 16.6 Å². The van der Waals surface area contributed by atoms with Crippen molar-refractivity contribution in [2.24, 2.45) is 0 Å². The smallest absolute Gasteiger partial charge is 0.255 e. The number of anilines is 1. The van der Waals surface area contributed by atoms with E-state index in [0.29, 0.717) is 15.7 Å². The molecule has 1 saturated carbocycles. The lowest BCUT2D eigenvalue weighted by Crippen LogP contribution is -2.32. The minimum Gasteiger partial charge on any atom is -0.321 e. The second-order valence-corrected chi connectivity index (χ2v) is 8.77. The Bertz CT molecular complexity index is 926. The van der Waals surface area contributed by atoms with Crippen molar-refractivity contribution < 1.29 is 13.2 Å². The van der Waals surface area contributed by atoms with Gasteiger partial charge in [0.15, 0.2) is 0 Å². The molecular weight excluding hydrogens is 395 g/mol. The SMILES string of the molecule is O=C(Nc1cc(Cl)ccc1Cl)c1cccc(S(=O)(=O)NC2CCCC2)c1. The molecule has 1 fully saturated rings. The molecule has 1 amide bonds. The van der Waals surface area contributed by atoms with E-state index in [2.05, 4.69) is 10.0 Å². The standard InChI is InChI=1S/C18H18Cl2N2O3S/c19-13-8-9-16(20)17(11-13)21-18(23)12-4-3-7-15(10-12)26(24,25)22-14-5-1-2-6-14/h3-4,7-11,14,22H,1-2,5-6H2,(H,21,23). The van der Waals surface area contributed by atoms with Crippen molar-refractivity contribution in [3.05, 3.63) is 58.1 Å².